The summed E-state index contributed by atoms with van der Waals surface area (Å²) in [6, 6.07) is 10.0. The van der Waals surface area contributed by atoms with Gasteiger partial charge in [0.1, 0.15) is 0 Å². The van der Waals surface area contributed by atoms with Crippen LogP contribution in [0.5, 0.6) is 0 Å². The van der Waals surface area contributed by atoms with Crippen LogP contribution in [0.25, 0.3) is 17.1 Å². The molecule has 2 aromatic heterocycles. The molecular formula is C14H13N5. The molecule has 0 saturated heterocycles. The van der Waals surface area contributed by atoms with Crippen molar-refractivity contribution in [2.75, 3.05) is 0 Å². The van der Waals surface area contributed by atoms with Crippen molar-refractivity contribution in [1.82, 2.24) is 19.7 Å². The number of hydrogen-bond acceptors (Lipinski definition) is 4. The lowest BCUT2D eigenvalue weighted by Gasteiger charge is -2.08. The van der Waals surface area contributed by atoms with Crippen LogP contribution < -0.4 is 5.73 Å². The Morgan fingerprint density at radius 1 is 1.05 bits per heavy atom. The van der Waals surface area contributed by atoms with E-state index in [9.17, 15) is 0 Å². The molecule has 2 heterocycles. The van der Waals surface area contributed by atoms with Crippen LogP contribution in [0.2, 0.25) is 0 Å². The van der Waals surface area contributed by atoms with Crippen molar-refractivity contribution >= 4 is 0 Å². The topological polar surface area (TPSA) is 69.6 Å². The molecule has 0 aliphatic rings. The summed E-state index contributed by atoms with van der Waals surface area (Å²) >= 11 is 0. The number of rotatable bonds is 3. The zero-order valence-corrected chi connectivity index (χ0v) is 10.3. The summed E-state index contributed by atoms with van der Waals surface area (Å²) in [4.78, 5) is 8.36. The smallest absolute Gasteiger partial charge is 0.172 e. The molecule has 94 valence electrons. The number of nitrogens with zero attached hydrogens (tertiary/aromatic N) is 4. The Morgan fingerprint density at radius 2 is 1.89 bits per heavy atom. The summed E-state index contributed by atoms with van der Waals surface area (Å²) in [6.45, 7) is 0.435. The quantitative estimate of drug-likeness (QED) is 0.770. The molecule has 2 N–H and O–H groups in total. The van der Waals surface area contributed by atoms with Crippen LogP contribution in [0, 0.1) is 0 Å². The van der Waals surface area contributed by atoms with Crippen molar-refractivity contribution in [1.29, 1.82) is 0 Å². The van der Waals surface area contributed by atoms with Crippen LogP contribution in [0.1, 0.15) is 5.56 Å². The second-order valence-electron chi connectivity index (χ2n) is 4.06. The highest BCUT2D eigenvalue weighted by molar-refractivity contribution is 5.65. The van der Waals surface area contributed by atoms with E-state index in [1.165, 1.54) is 0 Å². The van der Waals surface area contributed by atoms with Gasteiger partial charge in [-0.3, -0.25) is 4.98 Å². The summed E-state index contributed by atoms with van der Waals surface area (Å²) in [5.74, 6) is 0.682. The van der Waals surface area contributed by atoms with Crippen molar-refractivity contribution < 1.29 is 0 Å². The van der Waals surface area contributed by atoms with E-state index in [-0.39, 0.29) is 0 Å². The zero-order chi connectivity index (χ0) is 13.1. The first-order valence-corrected chi connectivity index (χ1v) is 5.99. The van der Waals surface area contributed by atoms with Crippen molar-refractivity contribution in [2.45, 2.75) is 6.54 Å². The van der Waals surface area contributed by atoms with E-state index in [1.54, 1.807) is 29.5 Å². The third-order valence-corrected chi connectivity index (χ3v) is 2.88. The lowest BCUT2D eigenvalue weighted by atomic mass is 10.1. The van der Waals surface area contributed by atoms with Crippen molar-refractivity contribution in [3.63, 3.8) is 0 Å². The van der Waals surface area contributed by atoms with Crippen LogP contribution in [0.3, 0.4) is 0 Å². The number of nitrogens with two attached hydrogens (primary N) is 1. The van der Waals surface area contributed by atoms with E-state index in [4.69, 9.17) is 5.73 Å². The molecular weight excluding hydrogens is 238 g/mol. The van der Waals surface area contributed by atoms with Gasteiger partial charge in [-0.15, -0.1) is 0 Å². The maximum absolute atomic E-state index is 5.79. The monoisotopic (exact) mass is 251 g/mol. The second kappa shape index (κ2) is 4.99. The summed E-state index contributed by atoms with van der Waals surface area (Å²) in [6.07, 6.45) is 6.74. The maximum atomic E-state index is 5.79. The molecule has 1 aromatic carbocycles. The van der Waals surface area contributed by atoms with Crippen LogP contribution in [0.4, 0.5) is 0 Å². The molecule has 0 unspecified atom stereocenters. The highest BCUT2D eigenvalue weighted by Crippen LogP contribution is 2.25. The summed E-state index contributed by atoms with van der Waals surface area (Å²) in [5.41, 5.74) is 8.80. The summed E-state index contributed by atoms with van der Waals surface area (Å²) < 4.78 is 1.77. The minimum Gasteiger partial charge on any atom is -0.326 e. The minimum absolute atomic E-state index is 0.435. The fourth-order valence-electron chi connectivity index (χ4n) is 2.01. The molecule has 3 rings (SSSR count). The predicted molar refractivity (Wildman–Crippen MR) is 72.5 cm³/mol. The molecule has 0 radical (unpaired) electrons. The van der Waals surface area contributed by atoms with Crippen LogP contribution >= 0.6 is 0 Å². The van der Waals surface area contributed by atoms with E-state index < -0.39 is 0 Å². The van der Waals surface area contributed by atoms with Crippen molar-refractivity contribution in [2.24, 2.45) is 5.73 Å². The average Bonchev–Trinajstić information content (AvgIpc) is 2.93. The second-order valence-corrected chi connectivity index (χ2v) is 4.06. The first kappa shape index (κ1) is 11.6. The Kier molecular flexibility index (Phi) is 3.04. The number of aromatic nitrogens is 4. The lowest BCUT2D eigenvalue weighted by molar-refractivity contribution is 0.844. The van der Waals surface area contributed by atoms with Gasteiger partial charge >= 0.3 is 0 Å². The molecule has 0 saturated carbocycles. The standard InChI is InChI=1S/C14H13N5/c15-8-12-9-18-19(13-10-16-6-7-17-13)14(12)11-4-2-1-3-5-11/h1-7,9-10H,8,15H2. The molecule has 0 atom stereocenters. The molecule has 0 spiro atoms. The van der Waals surface area contributed by atoms with Gasteiger partial charge in [0.25, 0.3) is 0 Å². The molecule has 0 aliphatic heterocycles. The highest BCUT2D eigenvalue weighted by Gasteiger charge is 2.13. The lowest BCUT2D eigenvalue weighted by Crippen LogP contribution is -2.04. The molecule has 0 amide bonds. The van der Waals surface area contributed by atoms with Gasteiger partial charge in [0, 0.05) is 30.1 Å². The first-order valence-electron chi connectivity index (χ1n) is 5.99. The first-order chi connectivity index (χ1) is 9.40. The summed E-state index contributed by atoms with van der Waals surface area (Å²) in [7, 11) is 0. The Hall–Kier alpha value is -2.53. The fraction of sp³-hybridized carbons (Fsp3) is 0.0714. The Bertz CT molecular complexity index is 661. The van der Waals surface area contributed by atoms with E-state index in [0.717, 1.165) is 16.8 Å². The van der Waals surface area contributed by atoms with Crippen molar-refractivity contribution in [3.05, 3.63) is 60.7 Å². The van der Waals surface area contributed by atoms with E-state index >= 15 is 0 Å². The SMILES string of the molecule is NCc1cnn(-c2cnccn2)c1-c1ccccc1. The van der Waals surface area contributed by atoms with Crippen LogP contribution in [-0.2, 0) is 6.54 Å². The molecule has 19 heavy (non-hydrogen) atoms. The molecule has 0 fully saturated rings. The van der Waals surface area contributed by atoms with Gasteiger partial charge < -0.3 is 5.73 Å². The van der Waals surface area contributed by atoms with Crippen LogP contribution in [-0.4, -0.2) is 19.7 Å². The van der Waals surface area contributed by atoms with Gasteiger partial charge in [0.15, 0.2) is 5.82 Å². The van der Waals surface area contributed by atoms with Gasteiger partial charge in [-0.25, -0.2) is 9.67 Å². The van der Waals surface area contributed by atoms with Gasteiger partial charge in [-0.1, -0.05) is 30.3 Å². The Labute approximate surface area is 110 Å². The number of hydrogen-bond donors (Lipinski definition) is 1. The maximum Gasteiger partial charge on any atom is 0.172 e. The molecule has 5 nitrogen and oxygen atoms in total. The third-order valence-electron chi connectivity index (χ3n) is 2.88. The zero-order valence-electron chi connectivity index (χ0n) is 10.3. The molecule has 0 aliphatic carbocycles. The summed E-state index contributed by atoms with van der Waals surface area (Å²) in [5, 5.41) is 4.37. The largest absolute Gasteiger partial charge is 0.326 e. The van der Waals surface area contributed by atoms with E-state index in [1.807, 2.05) is 30.3 Å². The Balaban J connectivity index is 2.20. The van der Waals surface area contributed by atoms with Crippen LogP contribution in [0.15, 0.2) is 55.1 Å². The van der Waals surface area contributed by atoms with E-state index in [0.29, 0.717) is 12.4 Å². The predicted octanol–water partition coefficient (Wildman–Crippen LogP) is 1.79. The van der Waals surface area contributed by atoms with E-state index in [2.05, 4.69) is 15.1 Å². The molecule has 3 aromatic rings. The highest BCUT2D eigenvalue weighted by atomic mass is 15.3. The third kappa shape index (κ3) is 2.11. The van der Waals surface area contributed by atoms with Gasteiger partial charge in [-0.05, 0) is 0 Å². The average molecular weight is 251 g/mol. The van der Waals surface area contributed by atoms with Gasteiger partial charge in [-0.2, -0.15) is 5.10 Å². The van der Waals surface area contributed by atoms with Gasteiger partial charge in [0.05, 0.1) is 18.1 Å². The molecule has 0 bridgehead atoms. The Morgan fingerprint density at radius 3 is 2.58 bits per heavy atom. The fourth-order valence-corrected chi connectivity index (χ4v) is 2.01. The van der Waals surface area contributed by atoms with Gasteiger partial charge in [0.2, 0.25) is 0 Å². The normalized spacial score (nSPS) is 10.6. The molecule has 5 heteroatoms. The minimum atomic E-state index is 0.435. The van der Waals surface area contributed by atoms with Crippen molar-refractivity contribution in [3.8, 4) is 17.1 Å². The number of benzene rings is 1.